The lowest BCUT2D eigenvalue weighted by Gasteiger charge is -2.30. The number of aliphatic hydroxyl groups excluding tert-OH is 1. The van der Waals surface area contributed by atoms with Crippen molar-refractivity contribution < 1.29 is 5.11 Å². The minimum atomic E-state index is -0.226. The van der Waals surface area contributed by atoms with E-state index in [9.17, 15) is 5.11 Å². The van der Waals surface area contributed by atoms with E-state index in [1.54, 1.807) is 0 Å². The molecule has 2 N–H and O–H groups in total. The molecule has 2 atom stereocenters. The van der Waals surface area contributed by atoms with Crippen LogP contribution in [0, 0.1) is 28.6 Å². The van der Waals surface area contributed by atoms with E-state index in [1.807, 2.05) is 13.8 Å². The number of hydrogen-bond donors (Lipinski definition) is 2. The number of aliphatic hydroxyl groups is 1. The Balaban J connectivity index is 2.19. The van der Waals surface area contributed by atoms with Gasteiger partial charge in [-0.2, -0.15) is 5.26 Å². The summed E-state index contributed by atoms with van der Waals surface area (Å²) in [6.45, 7) is 6.18. The zero-order chi connectivity index (χ0) is 12.7. The van der Waals surface area contributed by atoms with E-state index < -0.39 is 0 Å². The van der Waals surface area contributed by atoms with Crippen molar-refractivity contribution in [3.05, 3.63) is 0 Å². The van der Waals surface area contributed by atoms with Crippen LogP contribution < -0.4 is 5.32 Å². The molecule has 0 aromatic carbocycles. The highest BCUT2D eigenvalue weighted by Crippen LogP contribution is 2.29. The van der Waals surface area contributed by atoms with E-state index in [0.717, 1.165) is 19.5 Å². The van der Waals surface area contributed by atoms with Gasteiger partial charge in [-0.3, -0.25) is 0 Å². The van der Waals surface area contributed by atoms with Gasteiger partial charge in [0.05, 0.1) is 11.5 Å². The molecular formula is C14H26N2O. The molecule has 17 heavy (non-hydrogen) atoms. The fourth-order valence-corrected chi connectivity index (χ4v) is 2.54. The van der Waals surface area contributed by atoms with E-state index in [4.69, 9.17) is 5.26 Å². The average Bonchev–Trinajstić information content (AvgIpc) is 2.35. The molecular weight excluding hydrogens is 212 g/mol. The van der Waals surface area contributed by atoms with Gasteiger partial charge in [-0.1, -0.05) is 12.8 Å². The van der Waals surface area contributed by atoms with Crippen molar-refractivity contribution in [1.82, 2.24) is 5.32 Å². The number of hydrogen-bond acceptors (Lipinski definition) is 3. The predicted octanol–water partition coefficient (Wildman–Crippen LogP) is 2.31. The second kappa shape index (κ2) is 6.98. The van der Waals surface area contributed by atoms with Gasteiger partial charge in [0.2, 0.25) is 0 Å². The first-order chi connectivity index (χ1) is 8.09. The number of rotatable bonds is 6. The molecule has 1 saturated carbocycles. The zero-order valence-electron chi connectivity index (χ0n) is 11.2. The van der Waals surface area contributed by atoms with Crippen LogP contribution in [0.25, 0.3) is 0 Å². The lowest BCUT2D eigenvalue weighted by Crippen LogP contribution is -2.33. The normalized spacial score (nSPS) is 25.5. The maximum absolute atomic E-state index is 9.31. The number of nitrogens with one attached hydrogen (secondary N) is 1. The van der Waals surface area contributed by atoms with E-state index >= 15 is 0 Å². The molecule has 0 bridgehead atoms. The molecule has 0 saturated heterocycles. The van der Waals surface area contributed by atoms with Crippen molar-refractivity contribution in [3.63, 3.8) is 0 Å². The third-order valence-corrected chi connectivity index (χ3v) is 3.94. The third-order valence-electron chi connectivity index (χ3n) is 3.94. The Kier molecular flexibility index (Phi) is 5.94. The minimum absolute atomic E-state index is 0.226. The van der Waals surface area contributed by atoms with E-state index in [-0.39, 0.29) is 5.41 Å². The molecule has 0 amide bonds. The topological polar surface area (TPSA) is 56.0 Å². The summed E-state index contributed by atoms with van der Waals surface area (Å²) in [5, 5.41) is 21.7. The van der Waals surface area contributed by atoms with Crippen molar-refractivity contribution in [2.24, 2.45) is 17.3 Å². The molecule has 1 aliphatic carbocycles. The predicted molar refractivity (Wildman–Crippen MR) is 69.4 cm³/mol. The summed E-state index contributed by atoms with van der Waals surface area (Å²) < 4.78 is 0. The van der Waals surface area contributed by atoms with Crippen LogP contribution in [0.5, 0.6) is 0 Å². The van der Waals surface area contributed by atoms with Crippen LogP contribution >= 0.6 is 0 Å². The molecule has 98 valence electrons. The molecule has 0 heterocycles. The first kappa shape index (κ1) is 14.5. The zero-order valence-corrected chi connectivity index (χ0v) is 11.2. The van der Waals surface area contributed by atoms with Crippen LogP contribution in [0.3, 0.4) is 0 Å². The first-order valence-electron chi connectivity index (χ1n) is 6.82. The monoisotopic (exact) mass is 238 g/mol. The van der Waals surface area contributed by atoms with Gasteiger partial charge in [-0.25, -0.2) is 0 Å². The van der Waals surface area contributed by atoms with E-state index in [0.29, 0.717) is 18.4 Å². The molecule has 1 rings (SSSR count). The molecule has 0 aromatic rings. The van der Waals surface area contributed by atoms with Gasteiger partial charge in [0, 0.05) is 6.61 Å². The van der Waals surface area contributed by atoms with Crippen LogP contribution in [0.1, 0.15) is 46.0 Å². The molecule has 0 spiro atoms. The van der Waals surface area contributed by atoms with Gasteiger partial charge in [0.15, 0.2) is 0 Å². The van der Waals surface area contributed by atoms with Gasteiger partial charge < -0.3 is 10.4 Å². The average molecular weight is 238 g/mol. The maximum atomic E-state index is 9.31. The van der Waals surface area contributed by atoms with Crippen molar-refractivity contribution in [3.8, 4) is 6.07 Å². The van der Waals surface area contributed by atoms with Crippen molar-refractivity contribution >= 4 is 0 Å². The Morgan fingerprint density at radius 2 is 1.94 bits per heavy atom. The summed E-state index contributed by atoms with van der Waals surface area (Å²) in [5.41, 5.74) is -0.226. The van der Waals surface area contributed by atoms with Gasteiger partial charge in [0.1, 0.15) is 0 Å². The van der Waals surface area contributed by atoms with Gasteiger partial charge in [0.25, 0.3) is 0 Å². The first-order valence-corrected chi connectivity index (χ1v) is 6.82. The Hall–Kier alpha value is -0.590. The van der Waals surface area contributed by atoms with Crippen LogP contribution in [-0.2, 0) is 0 Å². The standard InChI is InChI=1S/C14H26N2O/c1-14(2,11-15)7-8-16-9-12-5-3-4-6-13(12)10-17/h12-13,16-17H,3-10H2,1-2H3. The second-order valence-electron chi connectivity index (χ2n) is 5.94. The summed E-state index contributed by atoms with van der Waals surface area (Å²) in [6, 6.07) is 2.32. The van der Waals surface area contributed by atoms with Crippen molar-refractivity contribution in [1.29, 1.82) is 5.26 Å². The molecule has 2 unspecified atom stereocenters. The number of nitrogens with zero attached hydrogens (tertiary/aromatic N) is 1. The summed E-state index contributed by atoms with van der Waals surface area (Å²) in [6.07, 6.45) is 5.86. The Bertz CT molecular complexity index is 257. The Morgan fingerprint density at radius 1 is 1.29 bits per heavy atom. The van der Waals surface area contributed by atoms with E-state index in [1.165, 1.54) is 25.7 Å². The SMILES string of the molecule is CC(C)(C#N)CCNCC1CCCCC1CO. The number of nitriles is 1. The maximum Gasteiger partial charge on any atom is 0.0684 e. The summed E-state index contributed by atoms with van der Waals surface area (Å²) in [4.78, 5) is 0. The highest BCUT2D eigenvalue weighted by molar-refractivity contribution is 4.91. The van der Waals surface area contributed by atoms with Gasteiger partial charge in [-0.15, -0.1) is 0 Å². The van der Waals surface area contributed by atoms with Gasteiger partial charge >= 0.3 is 0 Å². The molecule has 3 nitrogen and oxygen atoms in total. The Labute approximate surface area is 105 Å². The largest absolute Gasteiger partial charge is 0.396 e. The van der Waals surface area contributed by atoms with Crippen LogP contribution in [0.2, 0.25) is 0 Å². The molecule has 3 heteroatoms. The molecule has 1 fully saturated rings. The smallest absolute Gasteiger partial charge is 0.0684 e. The highest BCUT2D eigenvalue weighted by atomic mass is 16.3. The summed E-state index contributed by atoms with van der Waals surface area (Å²) in [5.74, 6) is 1.11. The second-order valence-corrected chi connectivity index (χ2v) is 5.94. The lowest BCUT2D eigenvalue weighted by atomic mass is 9.79. The summed E-state index contributed by atoms with van der Waals surface area (Å²) in [7, 11) is 0. The lowest BCUT2D eigenvalue weighted by molar-refractivity contribution is 0.133. The van der Waals surface area contributed by atoms with Crippen molar-refractivity contribution in [2.45, 2.75) is 46.0 Å². The van der Waals surface area contributed by atoms with Gasteiger partial charge in [-0.05, 0) is 58.0 Å². The third kappa shape index (κ3) is 5.06. The molecule has 0 aliphatic heterocycles. The van der Waals surface area contributed by atoms with E-state index in [2.05, 4.69) is 11.4 Å². The molecule has 1 aliphatic rings. The Morgan fingerprint density at radius 3 is 2.53 bits per heavy atom. The quantitative estimate of drug-likeness (QED) is 0.698. The van der Waals surface area contributed by atoms with Crippen LogP contribution in [0.15, 0.2) is 0 Å². The highest BCUT2D eigenvalue weighted by Gasteiger charge is 2.24. The minimum Gasteiger partial charge on any atom is -0.396 e. The van der Waals surface area contributed by atoms with Crippen LogP contribution in [-0.4, -0.2) is 24.8 Å². The fourth-order valence-electron chi connectivity index (χ4n) is 2.54. The molecule has 0 radical (unpaired) electrons. The summed E-state index contributed by atoms with van der Waals surface area (Å²) >= 11 is 0. The van der Waals surface area contributed by atoms with Crippen molar-refractivity contribution in [2.75, 3.05) is 19.7 Å². The fraction of sp³-hybridized carbons (Fsp3) is 0.929. The molecule has 0 aromatic heterocycles. The van der Waals surface area contributed by atoms with Crippen LogP contribution in [0.4, 0.5) is 0 Å².